The van der Waals surface area contributed by atoms with Gasteiger partial charge in [0.25, 0.3) is 0 Å². The molecule has 0 aromatic carbocycles. The second kappa shape index (κ2) is 8.38. The summed E-state index contributed by atoms with van der Waals surface area (Å²) in [6.45, 7) is 6.32. The molecule has 1 aromatic heterocycles. The molecule has 3 atom stereocenters. The lowest BCUT2D eigenvalue weighted by Crippen LogP contribution is -2.30. The Morgan fingerprint density at radius 2 is 2.14 bits per heavy atom. The van der Waals surface area contributed by atoms with Crippen molar-refractivity contribution >= 4 is 0 Å². The van der Waals surface area contributed by atoms with Gasteiger partial charge in [-0.25, -0.2) is 0 Å². The number of aromatic nitrogens is 1. The van der Waals surface area contributed by atoms with Crippen LogP contribution in [0.3, 0.4) is 0 Å². The number of nitrogens with one attached hydrogen (secondary N) is 1. The lowest BCUT2D eigenvalue weighted by atomic mass is 9.70. The Bertz CT molecular complexity index is 421. The summed E-state index contributed by atoms with van der Waals surface area (Å²) in [5.74, 6) is 3.13. The van der Waals surface area contributed by atoms with Crippen molar-refractivity contribution in [2.45, 2.75) is 51.9 Å². The Kier molecular flexibility index (Phi) is 6.50. The predicted molar refractivity (Wildman–Crippen MR) is 87.8 cm³/mol. The van der Waals surface area contributed by atoms with Crippen LogP contribution in [0.25, 0.3) is 0 Å². The molecule has 1 aliphatic carbocycles. The van der Waals surface area contributed by atoms with Gasteiger partial charge in [-0.05, 0) is 62.2 Å². The molecule has 118 valence electrons. The van der Waals surface area contributed by atoms with Gasteiger partial charge in [-0.3, -0.25) is 4.98 Å². The van der Waals surface area contributed by atoms with Crippen molar-refractivity contribution in [3.63, 3.8) is 0 Å². The molecule has 0 bridgehead atoms. The summed E-state index contributed by atoms with van der Waals surface area (Å²) in [6.07, 6.45) is 10.2. The van der Waals surface area contributed by atoms with Crippen molar-refractivity contribution in [3.05, 3.63) is 24.0 Å². The van der Waals surface area contributed by atoms with Crippen molar-refractivity contribution in [1.82, 2.24) is 10.3 Å². The third-order valence-corrected chi connectivity index (χ3v) is 4.78. The molecule has 2 rings (SSSR count). The molecule has 3 unspecified atom stereocenters. The Balaban J connectivity index is 2.14. The summed E-state index contributed by atoms with van der Waals surface area (Å²) < 4.78 is 5.76. The van der Waals surface area contributed by atoms with Gasteiger partial charge in [0.05, 0.1) is 12.8 Å². The van der Waals surface area contributed by atoms with Gasteiger partial charge in [-0.2, -0.15) is 0 Å². The Morgan fingerprint density at radius 3 is 2.86 bits per heavy atom. The zero-order valence-electron chi connectivity index (χ0n) is 13.8. The molecule has 1 saturated carbocycles. The molecular weight excluding hydrogens is 260 g/mol. The first kappa shape index (κ1) is 16.3. The van der Waals surface area contributed by atoms with Gasteiger partial charge < -0.3 is 10.1 Å². The molecule has 1 aromatic rings. The number of ether oxygens (including phenoxy) is 1. The minimum Gasteiger partial charge on any atom is -0.492 e. The van der Waals surface area contributed by atoms with E-state index in [4.69, 9.17) is 4.74 Å². The average molecular weight is 290 g/mol. The number of pyridine rings is 1. The lowest BCUT2D eigenvalue weighted by Gasteiger charge is -2.36. The summed E-state index contributed by atoms with van der Waals surface area (Å²) in [5, 5.41) is 3.37. The molecule has 1 N–H and O–H groups in total. The van der Waals surface area contributed by atoms with Crippen molar-refractivity contribution in [3.8, 4) is 5.75 Å². The largest absolute Gasteiger partial charge is 0.492 e. The summed E-state index contributed by atoms with van der Waals surface area (Å²) >= 11 is 0. The van der Waals surface area contributed by atoms with Gasteiger partial charge in [-0.15, -0.1) is 0 Å². The first-order valence-corrected chi connectivity index (χ1v) is 8.50. The van der Waals surface area contributed by atoms with Crippen molar-refractivity contribution in [2.24, 2.45) is 11.8 Å². The molecule has 21 heavy (non-hydrogen) atoms. The lowest BCUT2D eigenvalue weighted by molar-refractivity contribution is 0.227. The van der Waals surface area contributed by atoms with E-state index in [1.54, 1.807) is 0 Å². The smallest absolute Gasteiger partial charge is 0.137 e. The van der Waals surface area contributed by atoms with E-state index < -0.39 is 0 Å². The predicted octanol–water partition coefficient (Wildman–Crippen LogP) is 4.00. The van der Waals surface area contributed by atoms with Gasteiger partial charge in [0.2, 0.25) is 0 Å². The zero-order valence-corrected chi connectivity index (χ0v) is 13.8. The van der Waals surface area contributed by atoms with Crippen LogP contribution >= 0.6 is 0 Å². The maximum atomic E-state index is 5.76. The fourth-order valence-electron chi connectivity index (χ4n) is 3.54. The molecule has 0 aliphatic heterocycles. The summed E-state index contributed by atoms with van der Waals surface area (Å²) in [5.41, 5.74) is 1.36. The van der Waals surface area contributed by atoms with E-state index in [1.807, 2.05) is 12.4 Å². The first-order valence-electron chi connectivity index (χ1n) is 8.50. The number of hydrogen-bond donors (Lipinski definition) is 1. The van der Waals surface area contributed by atoms with Crippen molar-refractivity contribution < 1.29 is 4.74 Å². The van der Waals surface area contributed by atoms with Gasteiger partial charge in [0.15, 0.2) is 0 Å². The molecule has 3 nitrogen and oxygen atoms in total. The second-order valence-corrected chi connectivity index (χ2v) is 6.31. The Labute approximate surface area is 129 Å². The summed E-state index contributed by atoms with van der Waals surface area (Å²) in [7, 11) is 2.06. The number of hydrogen-bond acceptors (Lipinski definition) is 3. The van der Waals surface area contributed by atoms with Crippen molar-refractivity contribution in [2.75, 3.05) is 20.2 Å². The molecule has 1 heterocycles. The molecular formula is C18H30N2O. The normalized spacial score (nSPS) is 25.8. The Morgan fingerprint density at radius 1 is 1.29 bits per heavy atom. The third-order valence-electron chi connectivity index (χ3n) is 4.78. The zero-order chi connectivity index (χ0) is 15.1. The van der Waals surface area contributed by atoms with E-state index in [0.29, 0.717) is 5.92 Å². The van der Waals surface area contributed by atoms with Crippen LogP contribution in [0.2, 0.25) is 0 Å². The van der Waals surface area contributed by atoms with Crippen molar-refractivity contribution in [1.29, 1.82) is 0 Å². The van der Waals surface area contributed by atoms with Crippen LogP contribution in [0.5, 0.6) is 5.75 Å². The Hall–Kier alpha value is -1.09. The quantitative estimate of drug-likeness (QED) is 0.824. The maximum absolute atomic E-state index is 5.76. The SMILES string of the molecule is CCCOc1cncc(C2CC(CC)CCC2CNC)c1. The van der Waals surface area contributed by atoms with Gasteiger partial charge in [0, 0.05) is 6.20 Å². The van der Waals surface area contributed by atoms with Gasteiger partial charge in [0.1, 0.15) is 5.75 Å². The van der Waals surface area contributed by atoms with E-state index in [9.17, 15) is 0 Å². The van der Waals surface area contributed by atoms with E-state index >= 15 is 0 Å². The topological polar surface area (TPSA) is 34.1 Å². The van der Waals surface area contributed by atoms with E-state index in [0.717, 1.165) is 37.2 Å². The number of nitrogens with zero attached hydrogens (tertiary/aromatic N) is 1. The molecule has 3 heteroatoms. The summed E-state index contributed by atoms with van der Waals surface area (Å²) in [6, 6.07) is 2.22. The van der Waals surface area contributed by atoms with Crippen LogP contribution in [0.4, 0.5) is 0 Å². The monoisotopic (exact) mass is 290 g/mol. The summed E-state index contributed by atoms with van der Waals surface area (Å²) in [4.78, 5) is 4.41. The standard InChI is InChI=1S/C18H30N2O/c1-4-8-21-17-10-16(12-20-13-17)18-9-14(5-2)6-7-15(18)11-19-3/h10,12-15,18-19H,4-9,11H2,1-3H3. The van der Waals surface area contributed by atoms with E-state index in [2.05, 4.69) is 37.3 Å². The minimum atomic E-state index is 0.619. The van der Waals surface area contributed by atoms with E-state index in [-0.39, 0.29) is 0 Å². The van der Waals surface area contributed by atoms with Gasteiger partial charge >= 0.3 is 0 Å². The third kappa shape index (κ3) is 4.44. The second-order valence-electron chi connectivity index (χ2n) is 6.31. The highest BCUT2D eigenvalue weighted by molar-refractivity contribution is 5.27. The highest BCUT2D eigenvalue weighted by Gasteiger charge is 2.30. The molecule has 1 aliphatic rings. The molecule has 0 spiro atoms. The molecule has 0 amide bonds. The first-order chi connectivity index (χ1) is 10.3. The fourth-order valence-corrected chi connectivity index (χ4v) is 3.54. The number of rotatable bonds is 7. The van der Waals surface area contributed by atoms with Crippen LogP contribution in [-0.4, -0.2) is 25.2 Å². The van der Waals surface area contributed by atoms with Gasteiger partial charge in [-0.1, -0.05) is 26.7 Å². The molecule has 0 saturated heterocycles. The van der Waals surface area contributed by atoms with Crippen LogP contribution in [-0.2, 0) is 0 Å². The highest BCUT2D eigenvalue weighted by atomic mass is 16.5. The fraction of sp³-hybridized carbons (Fsp3) is 0.722. The average Bonchev–Trinajstić information content (AvgIpc) is 2.54. The van der Waals surface area contributed by atoms with Crippen LogP contribution in [0, 0.1) is 11.8 Å². The van der Waals surface area contributed by atoms with E-state index in [1.165, 1.54) is 31.2 Å². The highest BCUT2D eigenvalue weighted by Crippen LogP contribution is 2.41. The van der Waals surface area contributed by atoms with Crippen LogP contribution in [0.1, 0.15) is 57.4 Å². The van der Waals surface area contributed by atoms with Crippen LogP contribution in [0.15, 0.2) is 18.5 Å². The molecule has 1 fully saturated rings. The molecule has 0 radical (unpaired) electrons. The van der Waals surface area contributed by atoms with Crippen LogP contribution < -0.4 is 10.1 Å². The maximum Gasteiger partial charge on any atom is 0.137 e. The minimum absolute atomic E-state index is 0.619.